The third-order valence-corrected chi connectivity index (χ3v) is 1.85. The highest BCUT2D eigenvalue weighted by Crippen LogP contribution is 1.95. The Morgan fingerprint density at radius 3 is 2.33 bits per heavy atom. The number of carbonyl (C=O) groups excluding carboxylic acids is 1. The Labute approximate surface area is 92.9 Å². The first kappa shape index (κ1) is 17.0. The highest BCUT2D eigenvalue weighted by atomic mass is 16.3. The van der Waals surface area contributed by atoms with E-state index in [4.69, 9.17) is 10.2 Å². The summed E-state index contributed by atoms with van der Waals surface area (Å²) in [5.74, 6) is 0. The second kappa shape index (κ2) is 13.5. The van der Waals surface area contributed by atoms with Gasteiger partial charge in [0.25, 0.3) is 0 Å². The molecule has 0 aliphatic carbocycles. The standard InChI is InChI=1S/C9H19NO3.C2H6/c1-2-3-4-10(5-6-11)7-9(13)8-12;1-2/h8-9,11,13H,2-7H2,1H3;1-2H3. The van der Waals surface area contributed by atoms with Crippen molar-refractivity contribution in [3.8, 4) is 0 Å². The summed E-state index contributed by atoms with van der Waals surface area (Å²) >= 11 is 0. The van der Waals surface area contributed by atoms with Gasteiger partial charge in [0, 0.05) is 13.1 Å². The Bertz CT molecular complexity index is 131. The van der Waals surface area contributed by atoms with Crippen molar-refractivity contribution in [2.24, 2.45) is 0 Å². The second-order valence-electron chi connectivity index (χ2n) is 3.08. The van der Waals surface area contributed by atoms with Crippen molar-refractivity contribution in [2.45, 2.75) is 39.7 Å². The predicted molar refractivity (Wildman–Crippen MR) is 61.9 cm³/mol. The molecule has 0 bridgehead atoms. The van der Waals surface area contributed by atoms with Crippen LogP contribution >= 0.6 is 0 Å². The summed E-state index contributed by atoms with van der Waals surface area (Å²) in [6.07, 6.45) is 1.68. The zero-order valence-electron chi connectivity index (χ0n) is 10.1. The largest absolute Gasteiger partial charge is 0.395 e. The van der Waals surface area contributed by atoms with Crippen molar-refractivity contribution >= 4 is 6.29 Å². The summed E-state index contributed by atoms with van der Waals surface area (Å²) < 4.78 is 0. The molecule has 0 spiro atoms. The van der Waals surface area contributed by atoms with Crippen LogP contribution in [-0.2, 0) is 4.79 Å². The minimum absolute atomic E-state index is 0.0648. The fourth-order valence-corrected chi connectivity index (χ4v) is 1.13. The fraction of sp³-hybridized carbons (Fsp3) is 0.909. The molecule has 0 aromatic carbocycles. The molecule has 0 aromatic rings. The van der Waals surface area contributed by atoms with Crippen LogP contribution in [0.15, 0.2) is 0 Å². The van der Waals surface area contributed by atoms with Crippen molar-refractivity contribution in [2.75, 3.05) is 26.2 Å². The Balaban J connectivity index is 0. The molecule has 1 unspecified atom stereocenters. The van der Waals surface area contributed by atoms with Crippen molar-refractivity contribution in [3.63, 3.8) is 0 Å². The first-order chi connectivity index (χ1) is 7.24. The lowest BCUT2D eigenvalue weighted by Gasteiger charge is -2.21. The first-order valence-corrected chi connectivity index (χ1v) is 5.71. The van der Waals surface area contributed by atoms with E-state index in [0.29, 0.717) is 19.4 Å². The van der Waals surface area contributed by atoms with Gasteiger partial charge in [-0.2, -0.15) is 0 Å². The van der Waals surface area contributed by atoms with E-state index >= 15 is 0 Å². The second-order valence-corrected chi connectivity index (χ2v) is 3.08. The number of carbonyl (C=O) groups is 1. The molecule has 1 atom stereocenters. The van der Waals surface area contributed by atoms with Crippen molar-refractivity contribution in [3.05, 3.63) is 0 Å². The van der Waals surface area contributed by atoms with E-state index in [1.165, 1.54) is 0 Å². The number of hydrogen-bond donors (Lipinski definition) is 2. The summed E-state index contributed by atoms with van der Waals surface area (Å²) in [5.41, 5.74) is 0. The molecular weight excluding hydrogens is 194 g/mol. The van der Waals surface area contributed by atoms with Gasteiger partial charge in [0.15, 0.2) is 0 Å². The van der Waals surface area contributed by atoms with Crippen LogP contribution in [0, 0.1) is 0 Å². The zero-order chi connectivity index (χ0) is 12.1. The van der Waals surface area contributed by atoms with E-state index in [-0.39, 0.29) is 6.61 Å². The molecule has 0 rings (SSSR count). The minimum Gasteiger partial charge on any atom is -0.395 e. The van der Waals surface area contributed by atoms with E-state index in [1.807, 2.05) is 18.7 Å². The van der Waals surface area contributed by atoms with Gasteiger partial charge < -0.3 is 15.0 Å². The molecule has 0 amide bonds. The maximum atomic E-state index is 10.2. The molecule has 0 radical (unpaired) electrons. The summed E-state index contributed by atoms with van der Waals surface area (Å²) in [4.78, 5) is 12.1. The molecule has 0 heterocycles. The number of rotatable bonds is 8. The Kier molecular flexibility index (Phi) is 15.3. The topological polar surface area (TPSA) is 60.8 Å². The number of aliphatic hydroxyl groups excluding tert-OH is 2. The predicted octanol–water partition coefficient (Wildman–Crippen LogP) is 0.667. The van der Waals surface area contributed by atoms with Gasteiger partial charge in [-0.3, -0.25) is 4.90 Å². The van der Waals surface area contributed by atoms with E-state index in [1.54, 1.807) is 0 Å². The van der Waals surface area contributed by atoms with Gasteiger partial charge in [-0.05, 0) is 13.0 Å². The van der Waals surface area contributed by atoms with Crippen LogP contribution < -0.4 is 0 Å². The summed E-state index contributed by atoms with van der Waals surface area (Å²) in [7, 11) is 0. The molecule has 0 aliphatic heterocycles. The van der Waals surface area contributed by atoms with Gasteiger partial charge in [0.05, 0.1) is 6.61 Å². The highest BCUT2D eigenvalue weighted by molar-refractivity contribution is 5.55. The molecule has 0 aliphatic rings. The van der Waals surface area contributed by atoms with Crippen LogP contribution in [-0.4, -0.2) is 53.7 Å². The SMILES string of the molecule is CC.CCCCN(CCO)CC(O)C=O. The zero-order valence-corrected chi connectivity index (χ0v) is 10.1. The van der Waals surface area contributed by atoms with Crippen LogP contribution in [0.25, 0.3) is 0 Å². The highest BCUT2D eigenvalue weighted by Gasteiger charge is 2.09. The van der Waals surface area contributed by atoms with E-state index in [2.05, 4.69) is 6.92 Å². The number of hydrogen-bond acceptors (Lipinski definition) is 4. The average molecular weight is 219 g/mol. The molecule has 4 heteroatoms. The molecule has 0 saturated carbocycles. The maximum absolute atomic E-state index is 10.2. The Morgan fingerprint density at radius 2 is 1.93 bits per heavy atom. The number of nitrogens with zero attached hydrogens (tertiary/aromatic N) is 1. The van der Waals surface area contributed by atoms with Gasteiger partial charge in [-0.25, -0.2) is 0 Å². The van der Waals surface area contributed by atoms with Crippen LogP contribution in [0.4, 0.5) is 0 Å². The number of aldehydes is 1. The lowest BCUT2D eigenvalue weighted by atomic mass is 10.3. The quantitative estimate of drug-likeness (QED) is 0.589. The van der Waals surface area contributed by atoms with E-state index < -0.39 is 6.10 Å². The van der Waals surface area contributed by atoms with Crippen molar-refractivity contribution < 1.29 is 15.0 Å². The van der Waals surface area contributed by atoms with Crippen molar-refractivity contribution in [1.82, 2.24) is 4.90 Å². The van der Waals surface area contributed by atoms with Gasteiger partial charge in [-0.1, -0.05) is 27.2 Å². The molecular formula is C11H25NO3. The van der Waals surface area contributed by atoms with Gasteiger partial charge in [0.2, 0.25) is 0 Å². The van der Waals surface area contributed by atoms with Crippen LogP contribution in [0.1, 0.15) is 33.6 Å². The monoisotopic (exact) mass is 219 g/mol. The molecule has 0 fully saturated rings. The van der Waals surface area contributed by atoms with Gasteiger partial charge in [-0.15, -0.1) is 0 Å². The lowest BCUT2D eigenvalue weighted by Crippen LogP contribution is -2.35. The average Bonchev–Trinajstić information content (AvgIpc) is 2.28. The van der Waals surface area contributed by atoms with Crippen molar-refractivity contribution in [1.29, 1.82) is 0 Å². The fourth-order valence-electron chi connectivity index (χ4n) is 1.13. The minimum atomic E-state index is -0.927. The molecule has 92 valence electrons. The number of aliphatic hydroxyl groups is 2. The van der Waals surface area contributed by atoms with Crippen LogP contribution in [0.5, 0.6) is 0 Å². The Morgan fingerprint density at radius 1 is 1.33 bits per heavy atom. The summed E-state index contributed by atoms with van der Waals surface area (Å²) in [6, 6.07) is 0. The van der Waals surface area contributed by atoms with Gasteiger partial charge >= 0.3 is 0 Å². The molecule has 15 heavy (non-hydrogen) atoms. The van der Waals surface area contributed by atoms with Crippen LogP contribution in [0.2, 0.25) is 0 Å². The van der Waals surface area contributed by atoms with Gasteiger partial charge in [0.1, 0.15) is 12.4 Å². The van der Waals surface area contributed by atoms with E-state index in [9.17, 15) is 4.79 Å². The molecule has 2 N–H and O–H groups in total. The van der Waals surface area contributed by atoms with Crippen LogP contribution in [0.3, 0.4) is 0 Å². The van der Waals surface area contributed by atoms with E-state index in [0.717, 1.165) is 19.4 Å². The Hall–Kier alpha value is -0.450. The summed E-state index contributed by atoms with van der Waals surface area (Å²) in [5, 5.41) is 17.8. The molecule has 4 nitrogen and oxygen atoms in total. The smallest absolute Gasteiger partial charge is 0.149 e. The third-order valence-electron chi connectivity index (χ3n) is 1.85. The molecule has 0 saturated heterocycles. The lowest BCUT2D eigenvalue weighted by molar-refractivity contribution is -0.115. The summed E-state index contributed by atoms with van der Waals surface area (Å²) in [6.45, 7) is 7.81. The normalized spacial score (nSPS) is 11.9. The third kappa shape index (κ3) is 11.5. The maximum Gasteiger partial charge on any atom is 0.149 e. The molecule has 0 aromatic heterocycles. The first-order valence-electron chi connectivity index (χ1n) is 5.71. The number of unbranched alkanes of at least 4 members (excludes halogenated alkanes) is 1.